The highest BCUT2D eigenvalue weighted by atomic mass is 19.1. The number of anilines is 1. The Kier molecular flexibility index (Phi) is 7.88. The Labute approximate surface area is 199 Å². The van der Waals surface area contributed by atoms with E-state index in [0.717, 1.165) is 38.3 Å². The monoisotopic (exact) mass is 460 g/mol. The van der Waals surface area contributed by atoms with E-state index in [4.69, 9.17) is 0 Å². The van der Waals surface area contributed by atoms with Crippen molar-refractivity contribution in [3.8, 4) is 0 Å². The van der Waals surface area contributed by atoms with Gasteiger partial charge in [-0.3, -0.25) is 14.5 Å². The Hall–Kier alpha value is -3.71. The first-order valence-corrected chi connectivity index (χ1v) is 11.5. The standard InChI is InChI=1S/C27H29FN4O2/c28-24-12-10-21(11-13-24)27(34)30-19-26(33)29-18-22-6-4-5-7-23(22)20-31-14-16-32(17-15-31)25-8-2-1-3-9-25/h1-13H,14-20H2,(H,29,33)(H,30,34). The van der Waals surface area contributed by atoms with E-state index >= 15 is 0 Å². The molecule has 0 spiro atoms. The van der Waals surface area contributed by atoms with Crippen molar-refractivity contribution < 1.29 is 14.0 Å². The van der Waals surface area contributed by atoms with Crippen LogP contribution in [0.2, 0.25) is 0 Å². The number of para-hydroxylation sites is 1. The zero-order valence-corrected chi connectivity index (χ0v) is 19.0. The predicted octanol–water partition coefficient (Wildman–Crippen LogP) is 3.19. The molecule has 0 atom stereocenters. The number of rotatable bonds is 8. The second-order valence-electron chi connectivity index (χ2n) is 8.33. The van der Waals surface area contributed by atoms with Crippen molar-refractivity contribution >= 4 is 17.5 Å². The highest BCUT2D eigenvalue weighted by Gasteiger charge is 2.18. The summed E-state index contributed by atoms with van der Waals surface area (Å²) >= 11 is 0. The van der Waals surface area contributed by atoms with Gasteiger partial charge in [0.1, 0.15) is 5.82 Å². The van der Waals surface area contributed by atoms with Gasteiger partial charge in [-0.2, -0.15) is 0 Å². The topological polar surface area (TPSA) is 64.7 Å². The highest BCUT2D eigenvalue weighted by Crippen LogP contribution is 2.18. The van der Waals surface area contributed by atoms with E-state index in [9.17, 15) is 14.0 Å². The van der Waals surface area contributed by atoms with E-state index < -0.39 is 11.7 Å². The number of piperazine rings is 1. The van der Waals surface area contributed by atoms with Crippen LogP contribution in [-0.4, -0.2) is 49.4 Å². The largest absolute Gasteiger partial charge is 0.369 e. The van der Waals surface area contributed by atoms with Crippen molar-refractivity contribution in [3.05, 3.63) is 101 Å². The number of carbonyl (C=O) groups is 2. The zero-order chi connectivity index (χ0) is 23.8. The molecule has 3 aromatic rings. The highest BCUT2D eigenvalue weighted by molar-refractivity contribution is 5.96. The number of benzene rings is 3. The molecule has 34 heavy (non-hydrogen) atoms. The summed E-state index contributed by atoms with van der Waals surface area (Å²) in [7, 11) is 0. The van der Waals surface area contributed by atoms with E-state index in [1.807, 2.05) is 24.3 Å². The van der Waals surface area contributed by atoms with Crippen LogP contribution in [0.1, 0.15) is 21.5 Å². The molecule has 6 nitrogen and oxygen atoms in total. The molecule has 2 amide bonds. The summed E-state index contributed by atoms with van der Waals surface area (Å²) in [5, 5.41) is 5.45. The second kappa shape index (κ2) is 11.4. The number of amides is 2. The quantitative estimate of drug-likeness (QED) is 0.542. The van der Waals surface area contributed by atoms with Gasteiger partial charge in [0.2, 0.25) is 5.91 Å². The molecule has 1 fully saturated rings. The normalized spacial score (nSPS) is 14.0. The third kappa shape index (κ3) is 6.42. The molecule has 4 rings (SSSR count). The summed E-state index contributed by atoms with van der Waals surface area (Å²) < 4.78 is 13.0. The lowest BCUT2D eigenvalue weighted by molar-refractivity contribution is -0.120. The first kappa shape index (κ1) is 23.4. The van der Waals surface area contributed by atoms with Crippen LogP contribution in [0.3, 0.4) is 0 Å². The van der Waals surface area contributed by atoms with Gasteiger partial charge >= 0.3 is 0 Å². The van der Waals surface area contributed by atoms with E-state index in [1.165, 1.54) is 35.5 Å². The van der Waals surface area contributed by atoms with Gasteiger partial charge in [-0.15, -0.1) is 0 Å². The molecular formula is C27H29FN4O2. The van der Waals surface area contributed by atoms with E-state index in [0.29, 0.717) is 12.1 Å². The van der Waals surface area contributed by atoms with Gasteiger partial charge in [0.25, 0.3) is 5.91 Å². The number of hydrogen-bond acceptors (Lipinski definition) is 4. The molecule has 0 radical (unpaired) electrons. The predicted molar refractivity (Wildman–Crippen MR) is 131 cm³/mol. The summed E-state index contributed by atoms with van der Waals surface area (Å²) in [5.41, 5.74) is 3.82. The zero-order valence-electron chi connectivity index (χ0n) is 19.0. The average molecular weight is 461 g/mol. The Morgan fingerprint density at radius 2 is 1.41 bits per heavy atom. The molecule has 176 valence electrons. The minimum absolute atomic E-state index is 0.139. The van der Waals surface area contributed by atoms with Crippen LogP contribution in [-0.2, 0) is 17.9 Å². The molecule has 0 aromatic heterocycles. The molecule has 0 saturated carbocycles. The average Bonchev–Trinajstić information content (AvgIpc) is 2.88. The van der Waals surface area contributed by atoms with Crippen LogP contribution >= 0.6 is 0 Å². The summed E-state index contributed by atoms with van der Waals surface area (Å²) in [6, 6.07) is 23.8. The minimum atomic E-state index is -0.412. The van der Waals surface area contributed by atoms with Crippen LogP contribution in [0.25, 0.3) is 0 Å². The van der Waals surface area contributed by atoms with Crippen molar-refractivity contribution in [2.75, 3.05) is 37.6 Å². The Morgan fingerprint density at radius 3 is 2.12 bits per heavy atom. The van der Waals surface area contributed by atoms with Gasteiger partial charge in [0.15, 0.2) is 0 Å². The molecule has 1 aliphatic heterocycles. The molecular weight excluding hydrogens is 431 g/mol. The van der Waals surface area contributed by atoms with Crippen molar-refractivity contribution in [1.82, 2.24) is 15.5 Å². The lowest BCUT2D eigenvalue weighted by Gasteiger charge is -2.36. The number of nitrogens with zero attached hydrogens (tertiary/aromatic N) is 2. The Bertz CT molecular complexity index is 1100. The van der Waals surface area contributed by atoms with Crippen LogP contribution in [0.5, 0.6) is 0 Å². The van der Waals surface area contributed by atoms with Crippen LogP contribution in [0.15, 0.2) is 78.9 Å². The third-order valence-electron chi connectivity index (χ3n) is 6.00. The van der Waals surface area contributed by atoms with Gasteiger partial charge in [-0.1, -0.05) is 42.5 Å². The summed E-state index contributed by atoms with van der Waals surface area (Å²) in [6.07, 6.45) is 0. The summed E-state index contributed by atoms with van der Waals surface area (Å²) in [4.78, 5) is 29.2. The van der Waals surface area contributed by atoms with Gasteiger partial charge in [0, 0.05) is 50.5 Å². The minimum Gasteiger partial charge on any atom is -0.369 e. The molecule has 1 heterocycles. The third-order valence-corrected chi connectivity index (χ3v) is 6.00. The molecule has 0 aliphatic carbocycles. The summed E-state index contributed by atoms with van der Waals surface area (Å²) in [6.45, 7) is 5.00. The maximum atomic E-state index is 13.0. The lowest BCUT2D eigenvalue weighted by atomic mass is 10.1. The van der Waals surface area contributed by atoms with Crippen molar-refractivity contribution in [1.29, 1.82) is 0 Å². The maximum Gasteiger partial charge on any atom is 0.251 e. The molecule has 0 bridgehead atoms. The van der Waals surface area contributed by atoms with E-state index in [2.05, 4.69) is 50.8 Å². The van der Waals surface area contributed by atoms with Crippen molar-refractivity contribution in [3.63, 3.8) is 0 Å². The maximum absolute atomic E-state index is 13.0. The molecule has 2 N–H and O–H groups in total. The number of hydrogen-bond donors (Lipinski definition) is 2. The number of carbonyl (C=O) groups excluding carboxylic acids is 2. The van der Waals surface area contributed by atoms with Gasteiger partial charge in [-0.05, 0) is 47.5 Å². The smallest absolute Gasteiger partial charge is 0.251 e. The summed E-state index contributed by atoms with van der Waals surface area (Å²) in [5.74, 6) is -1.10. The fourth-order valence-corrected chi connectivity index (χ4v) is 4.05. The van der Waals surface area contributed by atoms with Crippen molar-refractivity contribution in [2.24, 2.45) is 0 Å². The molecule has 1 aliphatic rings. The molecule has 3 aromatic carbocycles. The first-order valence-electron chi connectivity index (χ1n) is 11.5. The fourth-order valence-electron chi connectivity index (χ4n) is 4.05. The molecule has 7 heteroatoms. The Morgan fingerprint density at radius 1 is 0.765 bits per heavy atom. The van der Waals surface area contributed by atoms with Gasteiger partial charge in [-0.25, -0.2) is 4.39 Å². The number of halogens is 1. The molecule has 1 saturated heterocycles. The molecule has 0 unspecified atom stereocenters. The van der Waals surface area contributed by atoms with E-state index in [1.54, 1.807) is 0 Å². The Balaban J connectivity index is 1.24. The van der Waals surface area contributed by atoms with Gasteiger partial charge in [0.05, 0.1) is 6.54 Å². The van der Waals surface area contributed by atoms with Crippen LogP contribution in [0, 0.1) is 5.82 Å². The van der Waals surface area contributed by atoms with Gasteiger partial charge < -0.3 is 15.5 Å². The first-order chi connectivity index (χ1) is 16.6. The SMILES string of the molecule is O=C(CNC(=O)c1ccc(F)cc1)NCc1ccccc1CN1CCN(c2ccccc2)CC1. The van der Waals surface area contributed by atoms with E-state index in [-0.39, 0.29) is 12.5 Å². The van der Waals surface area contributed by atoms with Crippen LogP contribution in [0.4, 0.5) is 10.1 Å². The number of nitrogens with one attached hydrogen (secondary N) is 2. The second-order valence-corrected chi connectivity index (χ2v) is 8.33. The van der Waals surface area contributed by atoms with Crippen LogP contribution < -0.4 is 15.5 Å². The van der Waals surface area contributed by atoms with Crippen molar-refractivity contribution in [2.45, 2.75) is 13.1 Å². The lowest BCUT2D eigenvalue weighted by Crippen LogP contribution is -2.46. The fraction of sp³-hybridized carbons (Fsp3) is 0.259.